The van der Waals surface area contributed by atoms with Crippen molar-refractivity contribution in [3.63, 3.8) is 0 Å². The number of rotatable bonds is 5. The molecular formula is C22H22N4O3S. The van der Waals surface area contributed by atoms with Crippen LogP contribution in [0.1, 0.15) is 28.5 Å². The van der Waals surface area contributed by atoms with Crippen LogP contribution in [0.25, 0.3) is 0 Å². The van der Waals surface area contributed by atoms with Crippen molar-refractivity contribution in [1.82, 2.24) is 9.88 Å². The molecule has 1 aliphatic heterocycles. The molecule has 0 aliphatic carbocycles. The number of thiazole rings is 1. The Morgan fingerprint density at radius 3 is 2.70 bits per heavy atom. The zero-order valence-corrected chi connectivity index (χ0v) is 17.6. The zero-order valence-electron chi connectivity index (χ0n) is 16.8. The van der Waals surface area contributed by atoms with Crippen LogP contribution >= 0.6 is 11.3 Å². The van der Waals surface area contributed by atoms with Crippen molar-refractivity contribution in [2.45, 2.75) is 19.9 Å². The predicted molar refractivity (Wildman–Crippen MR) is 118 cm³/mol. The predicted octanol–water partition coefficient (Wildman–Crippen LogP) is 4.05. The molecule has 0 fully saturated rings. The van der Waals surface area contributed by atoms with E-state index < -0.39 is 0 Å². The van der Waals surface area contributed by atoms with E-state index >= 15 is 0 Å². The van der Waals surface area contributed by atoms with Crippen molar-refractivity contribution >= 4 is 39.7 Å². The first-order chi connectivity index (χ1) is 14.5. The summed E-state index contributed by atoms with van der Waals surface area (Å²) < 4.78 is 5.16. The van der Waals surface area contributed by atoms with E-state index in [2.05, 4.69) is 15.6 Å². The van der Waals surface area contributed by atoms with Crippen molar-refractivity contribution in [3.8, 4) is 5.75 Å². The molecule has 0 saturated heterocycles. The Bertz CT molecular complexity index is 1080. The van der Waals surface area contributed by atoms with Crippen LogP contribution in [0.5, 0.6) is 5.75 Å². The highest BCUT2D eigenvalue weighted by Crippen LogP contribution is 2.28. The van der Waals surface area contributed by atoms with E-state index in [9.17, 15) is 9.59 Å². The Labute approximate surface area is 178 Å². The summed E-state index contributed by atoms with van der Waals surface area (Å²) >= 11 is 1.39. The summed E-state index contributed by atoms with van der Waals surface area (Å²) in [5, 5.41) is 8.52. The van der Waals surface area contributed by atoms with Crippen LogP contribution in [0.4, 0.5) is 16.5 Å². The molecule has 2 aromatic carbocycles. The van der Waals surface area contributed by atoms with Gasteiger partial charge in [-0.05, 0) is 47.9 Å². The van der Waals surface area contributed by atoms with Crippen molar-refractivity contribution < 1.29 is 14.3 Å². The topological polar surface area (TPSA) is 83.6 Å². The number of nitrogens with zero attached hydrogens (tertiary/aromatic N) is 2. The van der Waals surface area contributed by atoms with Crippen LogP contribution in [0.15, 0.2) is 47.8 Å². The molecule has 0 bridgehead atoms. The fraction of sp³-hybridized carbons (Fsp3) is 0.227. The normalized spacial score (nSPS) is 12.8. The summed E-state index contributed by atoms with van der Waals surface area (Å²) in [5.74, 6) is 0.591. The highest BCUT2D eigenvalue weighted by Gasteiger charge is 2.25. The number of nitrogens with one attached hydrogen (secondary N) is 2. The summed E-state index contributed by atoms with van der Waals surface area (Å²) in [6.07, 6.45) is 0.693. The summed E-state index contributed by atoms with van der Waals surface area (Å²) in [6.45, 7) is 2.58. The molecule has 2 heterocycles. The molecule has 0 unspecified atom stereocenters. The van der Waals surface area contributed by atoms with Gasteiger partial charge in [-0.3, -0.25) is 9.59 Å². The Kier molecular flexibility index (Phi) is 5.67. The number of ether oxygens (including phenoxy) is 1. The lowest BCUT2D eigenvalue weighted by Crippen LogP contribution is -2.36. The minimum Gasteiger partial charge on any atom is -0.497 e. The number of hydrogen-bond donors (Lipinski definition) is 2. The fourth-order valence-corrected chi connectivity index (χ4v) is 4.18. The number of benzene rings is 2. The van der Waals surface area contributed by atoms with Crippen molar-refractivity contribution in [2.75, 3.05) is 24.3 Å². The Balaban J connectivity index is 1.45. The molecule has 2 amide bonds. The first-order valence-corrected chi connectivity index (χ1v) is 10.5. The van der Waals surface area contributed by atoms with Crippen LogP contribution in [0.3, 0.4) is 0 Å². The maximum Gasteiger partial charge on any atom is 0.273 e. The van der Waals surface area contributed by atoms with Crippen LogP contribution < -0.4 is 15.4 Å². The number of carbonyl (C=O) groups is 2. The molecule has 154 valence electrons. The first kappa shape index (κ1) is 19.9. The van der Waals surface area contributed by atoms with E-state index in [0.29, 0.717) is 30.3 Å². The Morgan fingerprint density at radius 1 is 1.17 bits per heavy atom. The largest absolute Gasteiger partial charge is 0.497 e. The summed E-state index contributed by atoms with van der Waals surface area (Å²) in [5.41, 5.74) is 4.27. The molecule has 30 heavy (non-hydrogen) atoms. The molecule has 0 radical (unpaired) electrons. The standard InChI is InChI=1S/C22H22N4O3S/c1-14(27)23-19-5-3-4-15-12-26(11-10-18(15)19)21(28)20-13-30-22(25-20)24-16-6-8-17(29-2)9-7-16/h3-9,13H,10-12H2,1-2H3,(H,23,27)(H,24,25). The van der Waals surface area contributed by atoms with Gasteiger partial charge in [-0.1, -0.05) is 12.1 Å². The molecule has 0 atom stereocenters. The van der Waals surface area contributed by atoms with E-state index in [1.807, 2.05) is 42.5 Å². The average Bonchev–Trinajstić information content (AvgIpc) is 3.21. The van der Waals surface area contributed by atoms with Gasteiger partial charge < -0.3 is 20.3 Å². The molecule has 1 aromatic heterocycles. The number of carbonyl (C=O) groups excluding carboxylic acids is 2. The second-order valence-electron chi connectivity index (χ2n) is 6.99. The van der Waals surface area contributed by atoms with Gasteiger partial charge in [-0.2, -0.15) is 0 Å². The third kappa shape index (κ3) is 4.28. The smallest absolute Gasteiger partial charge is 0.273 e. The molecule has 4 rings (SSSR count). The maximum atomic E-state index is 13.0. The minimum atomic E-state index is -0.0960. The highest BCUT2D eigenvalue weighted by atomic mass is 32.1. The number of aromatic nitrogens is 1. The summed E-state index contributed by atoms with van der Waals surface area (Å²) in [4.78, 5) is 30.7. The zero-order chi connectivity index (χ0) is 21.1. The number of fused-ring (bicyclic) bond motifs is 1. The Morgan fingerprint density at radius 2 is 1.97 bits per heavy atom. The molecule has 0 saturated carbocycles. The minimum absolute atomic E-state index is 0.0930. The lowest BCUT2D eigenvalue weighted by molar-refractivity contribution is -0.114. The van der Waals surface area contributed by atoms with Gasteiger partial charge in [0.2, 0.25) is 5.91 Å². The van der Waals surface area contributed by atoms with E-state index in [1.165, 1.54) is 18.3 Å². The van der Waals surface area contributed by atoms with Crippen molar-refractivity contribution in [1.29, 1.82) is 0 Å². The van der Waals surface area contributed by atoms with Gasteiger partial charge in [0.1, 0.15) is 11.4 Å². The molecule has 2 N–H and O–H groups in total. The van der Waals surface area contributed by atoms with Gasteiger partial charge in [0.15, 0.2) is 5.13 Å². The van der Waals surface area contributed by atoms with Crippen LogP contribution in [0, 0.1) is 0 Å². The quantitative estimate of drug-likeness (QED) is 0.648. The maximum absolute atomic E-state index is 13.0. The van der Waals surface area contributed by atoms with E-state index in [0.717, 1.165) is 28.3 Å². The number of methoxy groups -OCH3 is 1. The van der Waals surface area contributed by atoms with E-state index in [-0.39, 0.29) is 11.8 Å². The first-order valence-electron chi connectivity index (χ1n) is 9.57. The summed E-state index contributed by atoms with van der Waals surface area (Å²) in [6, 6.07) is 13.3. The van der Waals surface area contributed by atoms with Gasteiger partial charge in [-0.15, -0.1) is 11.3 Å². The lowest BCUT2D eigenvalue weighted by Gasteiger charge is -2.29. The molecule has 8 heteroatoms. The van der Waals surface area contributed by atoms with E-state index in [4.69, 9.17) is 4.74 Å². The van der Waals surface area contributed by atoms with Gasteiger partial charge >= 0.3 is 0 Å². The van der Waals surface area contributed by atoms with Crippen LogP contribution in [-0.2, 0) is 17.8 Å². The second-order valence-corrected chi connectivity index (χ2v) is 7.85. The fourth-order valence-electron chi connectivity index (χ4n) is 3.48. The third-order valence-corrected chi connectivity index (χ3v) is 5.69. The molecule has 1 aliphatic rings. The number of hydrogen-bond acceptors (Lipinski definition) is 6. The van der Waals surface area contributed by atoms with Gasteiger partial charge in [0.25, 0.3) is 5.91 Å². The number of amides is 2. The van der Waals surface area contributed by atoms with Crippen LogP contribution in [0.2, 0.25) is 0 Å². The molecular weight excluding hydrogens is 400 g/mol. The van der Waals surface area contributed by atoms with Gasteiger partial charge in [-0.25, -0.2) is 4.98 Å². The SMILES string of the molecule is COc1ccc(Nc2nc(C(=O)N3CCc4c(cccc4NC(C)=O)C3)cs2)cc1. The molecule has 0 spiro atoms. The monoisotopic (exact) mass is 422 g/mol. The number of anilines is 3. The van der Waals surface area contributed by atoms with Gasteiger partial charge in [0.05, 0.1) is 7.11 Å². The second kappa shape index (κ2) is 8.54. The third-order valence-electron chi connectivity index (χ3n) is 4.93. The highest BCUT2D eigenvalue weighted by molar-refractivity contribution is 7.14. The Hall–Kier alpha value is -3.39. The molecule has 3 aromatic rings. The van der Waals surface area contributed by atoms with Crippen molar-refractivity contribution in [2.24, 2.45) is 0 Å². The summed E-state index contributed by atoms with van der Waals surface area (Å²) in [7, 11) is 1.63. The van der Waals surface area contributed by atoms with Crippen LogP contribution in [-0.4, -0.2) is 35.4 Å². The lowest BCUT2D eigenvalue weighted by atomic mass is 9.97. The molecule has 7 nitrogen and oxygen atoms in total. The average molecular weight is 423 g/mol. The van der Waals surface area contributed by atoms with Gasteiger partial charge in [0, 0.05) is 36.8 Å². The van der Waals surface area contributed by atoms with Crippen molar-refractivity contribution in [3.05, 3.63) is 64.7 Å². The van der Waals surface area contributed by atoms with E-state index in [1.54, 1.807) is 17.4 Å².